The van der Waals surface area contributed by atoms with E-state index in [2.05, 4.69) is 10.6 Å². The first-order valence-corrected chi connectivity index (χ1v) is 6.20. The first-order valence-electron chi connectivity index (χ1n) is 6.20. The molecule has 106 valence electrons. The van der Waals surface area contributed by atoms with Crippen LogP contribution in [0.25, 0.3) is 0 Å². The van der Waals surface area contributed by atoms with E-state index >= 15 is 0 Å². The Morgan fingerprint density at radius 3 is 2.68 bits per heavy atom. The van der Waals surface area contributed by atoms with Gasteiger partial charge in [0.15, 0.2) is 0 Å². The van der Waals surface area contributed by atoms with Crippen molar-refractivity contribution in [3.8, 4) is 0 Å². The third-order valence-electron chi connectivity index (χ3n) is 2.88. The molecular weight excluding hydrogens is 247 g/mol. The predicted octanol–water partition coefficient (Wildman–Crippen LogP) is 3.01. The number of hydrogen-bond donors (Lipinski definition) is 2. The molecule has 0 bridgehead atoms. The standard InChI is InChI=1S/C14H21FN2O2/c1-10(18)17-11-5-6-12(15)13(9-11)16-8-7-14(2,3)19-4/h5-6,9,16H,7-8H2,1-4H3,(H,17,18). The van der Waals surface area contributed by atoms with Gasteiger partial charge in [-0.05, 0) is 38.5 Å². The molecule has 19 heavy (non-hydrogen) atoms. The maximum Gasteiger partial charge on any atom is 0.221 e. The van der Waals surface area contributed by atoms with E-state index < -0.39 is 0 Å². The number of halogens is 1. The zero-order valence-corrected chi connectivity index (χ0v) is 11.8. The van der Waals surface area contributed by atoms with Crippen molar-refractivity contribution in [2.45, 2.75) is 32.8 Å². The molecule has 0 atom stereocenters. The van der Waals surface area contributed by atoms with Crippen molar-refractivity contribution in [2.75, 3.05) is 24.3 Å². The Bertz CT molecular complexity index is 447. The molecule has 4 nitrogen and oxygen atoms in total. The average molecular weight is 268 g/mol. The largest absolute Gasteiger partial charge is 0.383 e. The van der Waals surface area contributed by atoms with E-state index in [0.717, 1.165) is 6.42 Å². The average Bonchev–Trinajstić information content (AvgIpc) is 2.32. The molecule has 0 heterocycles. The molecule has 0 aliphatic rings. The summed E-state index contributed by atoms with van der Waals surface area (Å²) in [7, 11) is 1.65. The van der Waals surface area contributed by atoms with E-state index in [4.69, 9.17) is 4.74 Å². The van der Waals surface area contributed by atoms with Gasteiger partial charge >= 0.3 is 0 Å². The van der Waals surface area contributed by atoms with E-state index in [1.165, 1.54) is 19.1 Å². The molecule has 0 unspecified atom stereocenters. The Morgan fingerprint density at radius 2 is 2.11 bits per heavy atom. The van der Waals surface area contributed by atoms with Crippen LogP contribution in [0, 0.1) is 5.82 Å². The molecule has 0 aliphatic heterocycles. The van der Waals surface area contributed by atoms with Crippen molar-refractivity contribution in [1.29, 1.82) is 0 Å². The Balaban J connectivity index is 2.64. The Morgan fingerprint density at radius 1 is 1.42 bits per heavy atom. The molecular formula is C14H21FN2O2. The minimum absolute atomic E-state index is 0.182. The van der Waals surface area contributed by atoms with E-state index in [1.54, 1.807) is 13.2 Å². The molecule has 1 aromatic carbocycles. The van der Waals surface area contributed by atoms with Crippen LogP contribution in [0.15, 0.2) is 18.2 Å². The summed E-state index contributed by atoms with van der Waals surface area (Å²) >= 11 is 0. The van der Waals surface area contributed by atoms with Crippen LogP contribution in [-0.2, 0) is 9.53 Å². The first kappa shape index (κ1) is 15.4. The van der Waals surface area contributed by atoms with E-state index in [9.17, 15) is 9.18 Å². The number of benzene rings is 1. The lowest BCUT2D eigenvalue weighted by Gasteiger charge is -2.23. The summed E-state index contributed by atoms with van der Waals surface area (Å²) in [6, 6.07) is 4.44. The van der Waals surface area contributed by atoms with Gasteiger partial charge in [-0.3, -0.25) is 4.79 Å². The Hall–Kier alpha value is -1.62. The van der Waals surface area contributed by atoms with Crippen LogP contribution in [0.4, 0.5) is 15.8 Å². The normalized spacial score (nSPS) is 11.2. The van der Waals surface area contributed by atoms with Gasteiger partial charge in [-0.1, -0.05) is 0 Å². The molecule has 0 radical (unpaired) electrons. The zero-order chi connectivity index (χ0) is 14.5. The van der Waals surface area contributed by atoms with Crippen LogP contribution < -0.4 is 10.6 Å². The maximum absolute atomic E-state index is 13.6. The number of carbonyl (C=O) groups is 1. The van der Waals surface area contributed by atoms with Gasteiger partial charge in [0.25, 0.3) is 0 Å². The number of ether oxygens (including phenoxy) is 1. The third kappa shape index (κ3) is 5.26. The number of nitrogens with one attached hydrogen (secondary N) is 2. The topological polar surface area (TPSA) is 50.4 Å². The molecule has 1 amide bonds. The monoisotopic (exact) mass is 268 g/mol. The van der Waals surface area contributed by atoms with Gasteiger partial charge in [0.2, 0.25) is 5.91 Å². The summed E-state index contributed by atoms with van der Waals surface area (Å²) in [5.74, 6) is -0.526. The molecule has 5 heteroatoms. The zero-order valence-electron chi connectivity index (χ0n) is 11.8. The second-order valence-electron chi connectivity index (χ2n) is 5.02. The lowest BCUT2D eigenvalue weighted by molar-refractivity contribution is -0.114. The Labute approximate surface area is 113 Å². The van der Waals surface area contributed by atoms with Crippen LogP contribution in [0.2, 0.25) is 0 Å². The van der Waals surface area contributed by atoms with Gasteiger partial charge < -0.3 is 15.4 Å². The van der Waals surface area contributed by atoms with Crippen LogP contribution >= 0.6 is 0 Å². The van der Waals surface area contributed by atoms with E-state index in [1.807, 2.05) is 13.8 Å². The van der Waals surface area contributed by atoms with E-state index in [-0.39, 0.29) is 17.3 Å². The molecule has 0 aliphatic carbocycles. The molecule has 0 fully saturated rings. The first-order chi connectivity index (χ1) is 8.84. The number of methoxy groups -OCH3 is 1. The van der Waals surface area contributed by atoms with Gasteiger partial charge in [0, 0.05) is 26.3 Å². The minimum Gasteiger partial charge on any atom is -0.383 e. The minimum atomic E-state index is -0.343. The van der Waals surface area contributed by atoms with Gasteiger partial charge in [-0.2, -0.15) is 0 Å². The third-order valence-corrected chi connectivity index (χ3v) is 2.88. The highest BCUT2D eigenvalue weighted by Gasteiger charge is 2.15. The number of amides is 1. The summed E-state index contributed by atoms with van der Waals surface area (Å²) in [6.07, 6.45) is 0.743. The summed E-state index contributed by atoms with van der Waals surface area (Å²) in [4.78, 5) is 11.0. The van der Waals surface area contributed by atoms with Crippen molar-refractivity contribution in [1.82, 2.24) is 0 Å². The maximum atomic E-state index is 13.6. The fraction of sp³-hybridized carbons (Fsp3) is 0.500. The van der Waals surface area contributed by atoms with Gasteiger partial charge in [0.05, 0.1) is 11.3 Å². The second kappa shape index (κ2) is 6.52. The summed E-state index contributed by atoms with van der Waals surface area (Å²) in [6.45, 7) is 5.94. The van der Waals surface area contributed by atoms with Crippen LogP contribution in [-0.4, -0.2) is 25.2 Å². The molecule has 0 aromatic heterocycles. The molecule has 2 N–H and O–H groups in total. The van der Waals surface area contributed by atoms with E-state index in [0.29, 0.717) is 17.9 Å². The molecule has 0 spiro atoms. The van der Waals surface area contributed by atoms with Crippen molar-refractivity contribution >= 4 is 17.3 Å². The fourth-order valence-electron chi connectivity index (χ4n) is 1.54. The molecule has 1 aromatic rings. The van der Waals surface area contributed by atoms with Crippen LogP contribution in [0.3, 0.4) is 0 Å². The number of anilines is 2. The smallest absolute Gasteiger partial charge is 0.221 e. The number of hydrogen-bond acceptors (Lipinski definition) is 3. The van der Waals surface area contributed by atoms with Crippen molar-refractivity contribution in [3.05, 3.63) is 24.0 Å². The quantitative estimate of drug-likeness (QED) is 0.834. The summed E-state index contributed by atoms with van der Waals surface area (Å²) < 4.78 is 18.9. The molecule has 0 saturated heterocycles. The van der Waals surface area contributed by atoms with Gasteiger partial charge in [-0.25, -0.2) is 4.39 Å². The van der Waals surface area contributed by atoms with Crippen molar-refractivity contribution in [2.24, 2.45) is 0 Å². The molecule has 0 saturated carbocycles. The lowest BCUT2D eigenvalue weighted by atomic mass is 10.1. The predicted molar refractivity (Wildman–Crippen MR) is 74.9 cm³/mol. The Kier molecular flexibility index (Phi) is 5.30. The van der Waals surface area contributed by atoms with Crippen molar-refractivity contribution < 1.29 is 13.9 Å². The highest BCUT2D eigenvalue weighted by molar-refractivity contribution is 5.89. The van der Waals surface area contributed by atoms with Crippen molar-refractivity contribution in [3.63, 3.8) is 0 Å². The number of carbonyl (C=O) groups excluding carboxylic acids is 1. The summed E-state index contributed by atoms with van der Waals surface area (Å²) in [5, 5.41) is 5.63. The van der Waals surface area contributed by atoms with Gasteiger partial charge in [0.1, 0.15) is 5.82 Å². The van der Waals surface area contributed by atoms with Crippen LogP contribution in [0.1, 0.15) is 27.2 Å². The second-order valence-corrected chi connectivity index (χ2v) is 5.02. The lowest BCUT2D eigenvalue weighted by Crippen LogP contribution is -2.25. The summed E-state index contributed by atoms with van der Waals surface area (Å²) in [5.41, 5.74) is 0.694. The molecule has 1 rings (SSSR count). The van der Waals surface area contributed by atoms with Gasteiger partial charge in [-0.15, -0.1) is 0 Å². The number of rotatable bonds is 6. The highest BCUT2D eigenvalue weighted by Crippen LogP contribution is 2.20. The highest BCUT2D eigenvalue weighted by atomic mass is 19.1. The van der Waals surface area contributed by atoms with Crippen LogP contribution in [0.5, 0.6) is 0 Å². The SMILES string of the molecule is COC(C)(C)CCNc1cc(NC(C)=O)ccc1F. The fourth-order valence-corrected chi connectivity index (χ4v) is 1.54.